The number of hydrogen-bond donors (Lipinski definition) is 1. The summed E-state index contributed by atoms with van der Waals surface area (Å²) in [6.07, 6.45) is 11.8. The molecule has 0 radical (unpaired) electrons. The molecule has 0 atom stereocenters. The van der Waals surface area contributed by atoms with Crippen molar-refractivity contribution in [1.29, 1.82) is 0 Å². The van der Waals surface area contributed by atoms with Gasteiger partial charge in [-0.2, -0.15) is 5.10 Å². The van der Waals surface area contributed by atoms with Crippen LogP contribution in [0.5, 0.6) is 0 Å². The lowest BCUT2D eigenvalue weighted by Gasteiger charge is -2.35. The van der Waals surface area contributed by atoms with Crippen LogP contribution >= 0.6 is 0 Å². The highest BCUT2D eigenvalue weighted by molar-refractivity contribution is 5.78. The fraction of sp³-hybridized carbons (Fsp3) is 0.600. The molecule has 1 saturated heterocycles. The zero-order chi connectivity index (χ0) is 19.3. The molecule has 8 nitrogen and oxygen atoms in total. The van der Waals surface area contributed by atoms with Crippen LogP contribution in [0.4, 0.5) is 5.95 Å². The molecular formula is C20H29N7O. The predicted molar refractivity (Wildman–Crippen MR) is 107 cm³/mol. The molecule has 2 aromatic heterocycles. The van der Waals surface area contributed by atoms with Crippen molar-refractivity contribution in [3.8, 4) is 0 Å². The van der Waals surface area contributed by atoms with Gasteiger partial charge in [-0.15, -0.1) is 0 Å². The number of rotatable bonds is 5. The molecule has 0 spiro atoms. The molecule has 2 fully saturated rings. The summed E-state index contributed by atoms with van der Waals surface area (Å²) in [5.74, 6) is 0.915. The maximum absolute atomic E-state index is 12.5. The first-order valence-electron chi connectivity index (χ1n) is 10.2. The Morgan fingerprint density at radius 2 is 1.82 bits per heavy atom. The normalized spacial score (nSPS) is 23.5. The molecule has 2 aliphatic rings. The molecule has 1 aliphatic carbocycles. The summed E-state index contributed by atoms with van der Waals surface area (Å²) in [6, 6.07) is 2.59. The van der Waals surface area contributed by atoms with E-state index in [1.807, 2.05) is 12.3 Å². The van der Waals surface area contributed by atoms with Crippen LogP contribution in [0.25, 0.3) is 0 Å². The lowest BCUT2D eigenvalue weighted by Crippen LogP contribution is -2.51. The minimum absolute atomic E-state index is 0.141. The van der Waals surface area contributed by atoms with E-state index in [1.165, 1.54) is 5.56 Å². The molecule has 28 heavy (non-hydrogen) atoms. The molecule has 3 heterocycles. The highest BCUT2D eigenvalue weighted by atomic mass is 16.2. The van der Waals surface area contributed by atoms with Crippen molar-refractivity contribution in [2.75, 3.05) is 37.6 Å². The molecule has 1 N–H and O–H groups in total. The second-order valence-electron chi connectivity index (χ2n) is 7.88. The fourth-order valence-corrected chi connectivity index (χ4v) is 4.15. The average Bonchev–Trinajstić information content (AvgIpc) is 3.16. The zero-order valence-electron chi connectivity index (χ0n) is 16.5. The first kappa shape index (κ1) is 18.9. The van der Waals surface area contributed by atoms with Crippen LogP contribution in [0, 0.1) is 6.92 Å². The van der Waals surface area contributed by atoms with E-state index >= 15 is 0 Å². The number of nitrogens with one attached hydrogen (secondary N) is 1. The van der Waals surface area contributed by atoms with Gasteiger partial charge in [-0.25, -0.2) is 9.97 Å². The second kappa shape index (κ2) is 8.68. The first-order chi connectivity index (χ1) is 13.7. The number of carbonyl (C=O) groups excluding carboxylic acids is 1. The molecule has 4 rings (SSSR count). The number of carbonyl (C=O) groups is 1. The van der Waals surface area contributed by atoms with Gasteiger partial charge in [0.1, 0.15) is 0 Å². The highest BCUT2D eigenvalue weighted by Gasteiger charge is 2.25. The van der Waals surface area contributed by atoms with E-state index in [9.17, 15) is 4.79 Å². The van der Waals surface area contributed by atoms with E-state index < -0.39 is 0 Å². The fourth-order valence-electron chi connectivity index (χ4n) is 4.15. The number of aryl methyl sites for hydroxylation is 1. The Bertz CT molecular complexity index is 762. The van der Waals surface area contributed by atoms with Gasteiger partial charge in [0.25, 0.3) is 0 Å². The monoisotopic (exact) mass is 383 g/mol. The van der Waals surface area contributed by atoms with Gasteiger partial charge in [-0.05, 0) is 44.2 Å². The highest BCUT2D eigenvalue weighted by Crippen LogP contribution is 2.28. The summed E-state index contributed by atoms with van der Waals surface area (Å²) in [5.41, 5.74) is 1.20. The van der Waals surface area contributed by atoms with Gasteiger partial charge in [0.15, 0.2) is 0 Å². The molecule has 0 unspecified atom stereocenters. The molecule has 1 amide bonds. The van der Waals surface area contributed by atoms with E-state index in [2.05, 4.69) is 48.0 Å². The van der Waals surface area contributed by atoms with Crippen molar-refractivity contribution in [3.63, 3.8) is 0 Å². The van der Waals surface area contributed by atoms with E-state index in [4.69, 9.17) is 0 Å². The van der Waals surface area contributed by atoms with Gasteiger partial charge in [-0.1, -0.05) is 0 Å². The van der Waals surface area contributed by atoms with Crippen molar-refractivity contribution in [2.45, 2.75) is 44.7 Å². The summed E-state index contributed by atoms with van der Waals surface area (Å²) < 4.78 is 2.09. The van der Waals surface area contributed by atoms with E-state index in [-0.39, 0.29) is 5.91 Å². The van der Waals surface area contributed by atoms with Crippen LogP contribution in [0.2, 0.25) is 0 Å². The minimum Gasteiger partial charge on any atom is -0.352 e. The molecule has 8 heteroatoms. The van der Waals surface area contributed by atoms with E-state index in [1.54, 1.807) is 12.4 Å². The lowest BCUT2D eigenvalue weighted by molar-refractivity contribution is -0.123. The number of nitrogens with zero attached hydrogens (tertiary/aromatic N) is 6. The Morgan fingerprint density at radius 1 is 1.11 bits per heavy atom. The summed E-state index contributed by atoms with van der Waals surface area (Å²) in [6.45, 7) is 5.97. The Balaban J connectivity index is 1.17. The SMILES string of the molecule is Cc1cnn(C2CCC(NC(=O)CN3CCN(c4ncccn4)CC3)CC2)c1. The van der Waals surface area contributed by atoms with Crippen LogP contribution in [-0.2, 0) is 4.79 Å². The topological polar surface area (TPSA) is 79.2 Å². The molecule has 2 aromatic rings. The van der Waals surface area contributed by atoms with Crippen molar-refractivity contribution in [1.82, 2.24) is 30.0 Å². The maximum Gasteiger partial charge on any atom is 0.234 e. The van der Waals surface area contributed by atoms with Gasteiger partial charge in [0, 0.05) is 50.8 Å². The number of anilines is 1. The minimum atomic E-state index is 0.141. The third kappa shape index (κ3) is 4.67. The lowest BCUT2D eigenvalue weighted by atomic mass is 9.91. The van der Waals surface area contributed by atoms with Gasteiger partial charge in [0.2, 0.25) is 11.9 Å². The number of aromatic nitrogens is 4. The van der Waals surface area contributed by atoms with Crippen LogP contribution in [0.3, 0.4) is 0 Å². The summed E-state index contributed by atoms with van der Waals surface area (Å²) >= 11 is 0. The second-order valence-corrected chi connectivity index (χ2v) is 7.88. The van der Waals surface area contributed by atoms with Gasteiger partial charge in [-0.3, -0.25) is 14.4 Å². The Labute approximate surface area is 165 Å². The van der Waals surface area contributed by atoms with Gasteiger partial charge < -0.3 is 10.2 Å². The van der Waals surface area contributed by atoms with Crippen molar-refractivity contribution in [3.05, 3.63) is 36.4 Å². The molecular weight excluding hydrogens is 354 g/mol. The molecule has 150 valence electrons. The van der Waals surface area contributed by atoms with Crippen LogP contribution in [0.1, 0.15) is 37.3 Å². The van der Waals surface area contributed by atoms with Gasteiger partial charge in [0.05, 0.1) is 18.8 Å². The average molecular weight is 384 g/mol. The number of piperazine rings is 1. The first-order valence-corrected chi connectivity index (χ1v) is 10.2. The summed E-state index contributed by atoms with van der Waals surface area (Å²) in [5, 5.41) is 7.68. The van der Waals surface area contributed by atoms with Crippen molar-refractivity contribution in [2.24, 2.45) is 0 Å². The van der Waals surface area contributed by atoms with Crippen LogP contribution in [0.15, 0.2) is 30.9 Å². The standard InChI is InChI=1S/C20H29N7O/c1-16-13-23-27(14-16)18-5-3-17(4-6-18)24-19(28)15-25-9-11-26(12-10-25)20-21-7-2-8-22-20/h2,7-8,13-14,17-18H,3-6,9-12,15H2,1H3,(H,24,28). The smallest absolute Gasteiger partial charge is 0.234 e. The third-order valence-electron chi connectivity index (χ3n) is 5.74. The van der Waals surface area contributed by atoms with Crippen molar-refractivity contribution < 1.29 is 4.79 Å². The zero-order valence-corrected chi connectivity index (χ0v) is 16.5. The van der Waals surface area contributed by atoms with Crippen molar-refractivity contribution >= 4 is 11.9 Å². The molecule has 0 bridgehead atoms. The maximum atomic E-state index is 12.5. The predicted octanol–water partition coefficient (Wildman–Crippen LogP) is 1.40. The quantitative estimate of drug-likeness (QED) is 0.841. The van der Waals surface area contributed by atoms with Crippen LogP contribution < -0.4 is 10.2 Å². The summed E-state index contributed by atoms with van der Waals surface area (Å²) in [7, 11) is 0. The Kier molecular flexibility index (Phi) is 5.85. The van der Waals surface area contributed by atoms with E-state index in [0.29, 0.717) is 18.6 Å². The molecule has 0 aromatic carbocycles. The number of hydrogen-bond acceptors (Lipinski definition) is 6. The Hall–Kier alpha value is -2.48. The van der Waals surface area contributed by atoms with Crippen LogP contribution in [-0.4, -0.2) is 69.3 Å². The Morgan fingerprint density at radius 3 is 2.46 bits per heavy atom. The molecule has 1 aliphatic heterocycles. The third-order valence-corrected chi connectivity index (χ3v) is 5.74. The molecule has 1 saturated carbocycles. The largest absolute Gasteiger partial charge is 0.352 e. The van der Waals surface area contributed by atoms with Gasteiger partial charge >= 0.3 is 0 Å². The van der Waals surface area contributed by atoms with E-state index in [0.717, 1.165) is 57.8 Å². The summed E-state index contributed by atoms with van der Waals surface area (Å²) in [4.78, 5) is 25.5. The number of amides is 1.